The van der Waals surface area contributed by atoms with Crippen LogP contribution < -0.4 is 10.9 Å². The van der Waals surface area contributed by atoms with Crippen molar-refractivity contribution < 1.29 is 14.3 Å². The Kier molecular flexibility index (Phi) is 4.93. The zero-order valence-corrected chi connectivity index (χ0v) is 10.8. The number of carbonyl (C=O) groups is 2. The van der Waals surface area contributed by atoms with E-state index in [1.807, 2.05) is 20.8 Å². The van der Waals surface area contributed by atoms with Crippen molar-refractivity contribution >= 4 is 11.9 Å². The molecule has 1 aliphatic carbocycles. The van der Waals surface area contributed by atoms with Gasteiger partial charge in [0.05, 0.1) is 0 Å². The zero-order chi connectivity index (χ0) is 12.9. The molecule has 5 nitrogen and oxygen atoms in total. The van der Waals surface area contributed by atoms with E-state index in [0.717, 1.165) is 12.8 Å². The van der Waals surface area contributed by atoms with Gasteiger partial charge in [0.15, 0.2) is 0 Å². The van der Waals surface area contributed by atoms with E-state index in [9.17, 15) is 9.59 Å². The first-order valence-corrected chi connectivity index (χ1v) is 6.10. The summed E-state index contributed by atoms with van der Waals surface area (Å²) < 4.78 is 5.08. The second-order valence-corrected chi connectivity index (χ2v) is 5.49. The van der Waals surface area contributed by atoms with Gasteiger partial charge < -0.3 is 4.74 Å². The molecule has 0 aliphatic heterocycles. The third kappa shape index (κ3) is 6.26. The Balaban J connectivity index is 2.11. The van der Waals surface area contributed by atoms with Crippen molar-refractivity contribution in [3.63, 3.8) is 0 Å². The van der Waals surface area contributed by atoms with Gasteiger partial charge in [0, 0.05) is 19.4 Å². The number of hydrazine groups is 1. The summed E-state index contributed by atoms with van der Waals surface area (Å²) in [6.07, 6.45) is 2.67. The van der Waals surface area contributed by atoms with Gasteiger partial charge in [-0.15, -0.1) is 0 Å². The maximum absolute atomic E-state index is 11.3. The Morgan fingerprint density at radius 1 is 1.35 bits per heavy atom. The molecular formula is C12H22N2O3. The molecule has 0 aromatic heterocycles. The second-order valence-electron chi connectivity index (χ2n) is 5.49. The molecule has 0 aromatic rings. The molecule has 0 unspecified atom stereocenters. The second kappa shape index (κ2) is 6.00. The SMILES string of the molecule is CC(C)(C)OC(=O)NNCC1CCC(=O)CC1. The summed E-state index contributed by atoms with van der Waals surface area (Å²) in [6.45, 7) is 6.14. The number of hydrogen-bond acceptors (Lipinski definition) is 4. The minimum absolute atomic E-state index is 0.348. The third-order valence-corrected chi connectivity index (χ3v) is 2.64. The Bertz CT molecular complexity index is 274. The summed E-state index contributed by atoms with van der Waals surface area (Å²) >= 11 is 0. The predicted octanol–water partition coefficient (Wildman–Crippen LogP) is 1.77. The largest absolute Gasteiger partial charge is 0.443 e. The summed E-state index contributed by atoms with van der Waals surface area (Å²) in [7, 11) is 0. The number of hydrogen-bond donors (Lipinski definition) is 2. The summed E-state index contributed by atoms with van der Waals surface area (Å²) in [5.41, 5.74) is 4.87. The number of nitrogens with one attached hydrogen (secondary N) is 2. The van der Waals surface area contributed by atoms with Crippen molar-refractivity contribution in [2.75, 3.05) is 6.54 Å². The van der Waals surface area contributed by atoms with Crippen LogP contribution in [0.5, 0.6) is 0 Å². The van der Waals surface area contributed by atoms with Crippen molar-refractivity contribution in [3.8, 4) is 0 Å². The highest BCUT2D eigenvalue weighted by Crippen LogP contribution is 2.20. The molecule has 1 fully saturated rings. The van der Waals surface area contributed by atoms with Crippen molar-refractivity contribution in [1.29, 1.82) is 0 Å². The third-order valence-electron chi connectivity index (χ3n) is 2.64. The highest BCUT2D eigenvalue weighted by atomic mass is 16.6. The number of ether oxygens (including phenoxy) is 1. The van der Waals surface area contributed by atoms with Crippen molar-refractivity contribution in [2.24, 2.45) is 5.92 Å². The fourth-order valence-corrected chi connectivity index (χ4v) is 1.77. The van der Waals surface area contributed by atoms with E-state index in [2.05, 4.69) is 10.9 Å². The molecule has 17 heavy (non-hydrogen) atoms. The summed E-state index contributed by atoms with van der Waals surface area (Å²) in [5, 5.41) is 0. The van der Waals surface area contributed by atoms with E-state index in [-0.39, 0.29) is 0 Å². The fraction of sp³-hybridized carbons (Fsp3) is 0.833. The topological polar surface area (TPSA) is 67.4 Å². The van der Waals surface area contributed by atoms with Gasteiger partial charge in [-0.05, 0) is 39.5 Å². The number of Topliss-reactive ketones (excluding diaryl/α,β-unsaturated/α-hetero) is 1. The van der Waals surface area contributed by atoms with Crippen LogP contribution in [0.3, 0.4) is 0 Å². The lowest BCUT2D eigenvalue weighted by molar-refractivity contribution is -0.121. The maximum atomic E-state index is 11.3. The monoisotopic (exact) mass is 242 g/mol. The van der Waals surface area contributed by atoms with Crippen LogP contribution in [0.2, 0.25) is 0 Å². The average molecular weight is 242 g/mol. The molecule has 0 radical (unpaired) electrons. The Labute approximate surface area is 102 Å². The molecule has 1 aliphatic rings. The number of amides is 1. The average Bonchev–Trinajstić information content (AvgIpc) is 2.18. The molecule has 1 amide bonds. The van der Waals surface area contributed by atoms with Crippen LogP contribution in [-0.2, 0) is 9.53 Å². The van der Waals surface area contributed by atoms with Crippen LogP contribution >= 0.6 is 0 Å². The summed E-state index contributed by atoms with van der Waals surface area (Å²) in [5.74, 6) is 0.809. The van der Waals surface area contributed by atoms with Gasteiger partial charge in [-0.1, -0.05) is 0 Å². The molecule has 0 heterocycles. The summed E-state index contributed by atoms with van der Waals surface area (Å²) in [4.78, 5) is 22.3. The van der Waals surface area contributed by atoms with E-state index < -0.39 is 11.7 Å². The van der Waals surface area contributed by atoms with Gasteiger partial charge in [0.1, 0.15) is 11.4 Å². The molecule has 1 saturated carbocycles. The van der Waals surface area contributed by atoms with Crippen LogP contribution in [0.1, 0.15) is 46.5 Å². The molecular weight excluding hydrogens is 220 g/mol. The molecule has 5 heteroatoms. The van der Waals surface area contributed by atoms with Gasteiger partial charge in [0.2, 0.25) is 0 Å². The van der Waals surface area contributed by atoms with Crippen molar-refractivity contribution in [3.05, 3.63) is 0 Å². The minimum atomic E-state index is -0.483. The molecule has 1 rings (SSSR count). The van der Waals surface area contributed by atoms with Crippen molar-refractivity contribution in [1.82, 2.24) is 10.9 Å². The van der Waals surface area contributed by atoms with Gasteiger partial charge in [-0.25, -0.2) is 10.2 Å². The molecule has 0 spiro atoms. The maximum Gasteiger partial charge on any atom is 0.422 e. The Morgan fingerprint density at radius 2 is 1.94 bits per heavy atom. The lowest BCUT2D eigenvalue weighted by Gasteiger charge is -2.23. The van der Waals surface area contributed by atoms with Gasteiger partial charge >= 0.3 is 6.09 Å². The minimum Gasteiger partial charge on any atom is -0.443 e. The van der Waals surface area contributed by atoms with E-state index in [0.29, 0.717) is 31.1 Å². The van der Waals surface area contributed by atoms with E-state index in [1.165, 1.54) is 0 Å². The van der Waals surface area contributed by atoms with Crippen LogP contribution in [-0.4, -0.2) is 24.0 Å². The van der Waals surface area contributed by atoms with Crippen LogP contribution in [0.4, 0.5) is 4.79 Å². The fourth-order valence-electron chi connectivity index (χ4n) is 1.77. The summed E-state index contributed by atoms with van der Waals surface area (Å²) in [6, 6.07) is 0. The van der Waals surface area contributed by atoms with E-state index in [4.69, 9.17) is 4.74 Å². The smallest absolute Gasteiger partial charge is 0.422 e. The van der Waals surface area contributed by atoms with Crippen LogP contribution in [0.25, 0.3) is 0 Å². The van der Waals surface area contributed by atoms with Gasteiger partial charge in [-0.3, -0.25) is 10.2 Å². The first-order valence-electron chi connectivity index (χ1n) is 6.10. The molecule has 98 valence electrons. The Hall–Kier alpha value is -1.10. The molecule has 0 atom stereocenters. The zero-order valence-electron chi connectivity index (χ0n) is 10.8. The molecule has 2 N–H and O–H groups in total. The van der Waals surface area contributed by atoms with Crippen LogP contribution in [0, 0.1) is 5.92 Å². The highest BCUT2D eigenvalue weighted by Gasteiger charge is 2.19. The van der Waals surface area contributed by atoms with E-state index >= 15 is 0 Å². The molecule has 0 saturated heterocycles. The predicted molar refractivity (Wildman–Crippen MR) is 64.3 cm³/mol. The first kappa shape index (κ1) is 14.0. The highest BCUT2D eigenvalue weighted by molar-refractivity contribution is 5.79. The quantitative estimate of drug-likeness (QED) is 0.740. The van der Waals surface area contributed by atoms with Crippen LogP contribution in [0.15, 0.2) is 0 Å². The van der Waals surface area contributed by atoms with Gasteiger partial charge in [-0.2, -0.15) is 0 Å². The number of rotatable bonds is 3. The molecule has 0 bridgehead atoms. The Morgan fingerprint density at radius 3 is 2.47 bits per heavy atom. The standard InChI is InChI=1S/C12H22N2O3/c1-12(2,3)17-11(16)14-13-8-9-4-6-10(15)7-5-9/h9,13H,4-8H2,1-3H3,(H,14,16). The van der Waals surface area contributed by atoms with Gasteiger partial charge in [0.25, 0.3) is 0 Å². The van der Waals surface area contributed by atoms with Crippen molar-refractivity contribution in [2.45, 2.75) is 52.1 Å². The van der Waals surface area contributed by atoms with E-state index in [1.54, 1.807) is 0 Å². The number of ketones is 1. The number of carbonyl (C=O) groups excluding carboxylic acids is 2. The molecule has 0 aromatic carbocycles. The first-order chi connectivity index (χ1) is 7.87. The lowest BCUT2D eigenvalue weighted by atomic mass is 9.89. The lowest BCUT2D eigenvalue weighted by Crippen LogP contribution is -2.43. The normalized spacial score (nSPS) is 17.9.